The van der Waals surface area contributed by atoms with Gasteiger partial charge in [0.15, 0.2) is 11.2 Å². The van der Waals surface area contributed by atoms with E-state index in [1.165, 1.54) is 19.0 Å². The van der Waals surface area contributed by atoms with E-state index in [1.807, 2.05) is 4.98 Å². The number of alkyl halides is 3. The molecule has 0 atom stereocenters. The Labute approximate surface area is 95.1 Å². The van der Waals surface area contributed by atoms with Crippen LogP contribution in [0.2, 0.25) is 0 Å². The lowest BCUT2D eigenvalue weighted by Crippen LogP contribution is -2.30. The van der Waals surface area contributed by atoms with Gasteiger partial charge in [0.1, 0.15) is 5.69 Å². The van der Waals surface area contributed by atoms with Crippen molar-refractivity contribution < 1.29 is 18.0 Å². The Hall–Kier alpha value is -1.63. The number of likely N-dealkylation sites (N-methyl/N-ethyl adjacent to an activating group) is 1. The number of aromatic amines is 1. The molecule has 0 aromatic carbocycles. The molecule has 17 heavy (non-hydrogen) atoms. The largest absolute Gasteiger partial charge is 0.432 e. The van der Waals surface area contributed by atoms with E-state index in [9.17, 15) is 22.8 Å². The number of H-pyrrole nitrogens is 1. The molecule has 7 heteroatoms. The second-order valence-corrected chi connectivity index (χ2v) is 3.75. The van der Waals surface area contributed by atoms with Crippen molar-refractivity contribution in [2.45, 2.75) is 6.18 Å². The molecule has 0 aliphatic rings. The van der Waals surface area contributed by atoms with Gasteiger partial charge in [0.05, 0.1) is 12.1 Å². The summed E-state index contributed by atoms with van der Waals surface area (Å²) in [7, 11) is 3.06. The molecule has 1 N–H and O–H groups in total. The number of rotatable bonds is 3. The van der Waals surface area contributed by atoms with Crippen LogP contribution in [-0.2, 0) is 6.18 Å². The summed E-state index contributed by atoms with van der Waals surface area (Å²) in [4.78, 5) is 26.2. The molecule has 1 heterocycles. The predicted molar refractivity (Wildman–Crippen MR) is 54.9 cm³/mol. The molecule has 1 aromatic heterocycles. The number of carbonyl (C=O) groups excluding carboxylic acids is 1. The van der Waals surface area contributed by atoms with Crippen LogP contribution < -0.4 is 5.43 Å². The van der Waals surface area contributed by atoms with Crippen LogP contribution in [0.3, 0.4) is 0 Å². The number of nitrogens with zero attached hydrogens (tertiary/aromatic N) is 1. The summed E-state index contributed by atoms with van der Waals surface area (Å²) in [6.07, 6.45) is -3.88. The summed E-state index contributed by atoms with van der Waals surface area (Å²) in [5.41, 5.74) is -3.06. The van der Waals surface area contributed by atoms with Crippen LogP contribution in [0.5, 0.6) is 0 Å². The zero-order valence-corrected chi connectivity index (χ0v) is 9.26. The minimum atomic E-state index is -4.75. The maximum absolute atomic E-state index is 12.6. The highest BCUT2D eigenvalue weighted by Crippen LogP contribution is 2.28. The number of pyridine rings is 1. The summed E-state index contributed by atoms with van der Waals surface area (Å²) in [6.45, 7) is -0.254. The predicted octanol–water partition coefficient (Wildman–Crippen LogP) is 1.14. The van der Waals surface area contributed by atoms with Crippen molar-refractivity contribution in [3.63, 3.8) is 0 Å². The van der Waals surface area contributed by atoms with Crippen molar-refractivity contribution in [1.29, 1.82) is 0 Å². The van der Waals surface area contributed by atoms with Crippen molar-refractivity contribution >= 4 is 5.78 Å². The molecule has 94 valence electrons. The lowest BCUT2D eigenvalue weighted by Gasteiger charge is -2.13. The third kappa shape index (κ3) is 3.16. The van der Waals surface area contributed by atoms with Gasteiger partial charge < -0.3 is 9.88 Å². The molecule has 1 aromatic rings. The molecule has 0 unspecified atom stereocenters. The highest BCUT2D eigenvalue weighted by molar-refractivity contribution is 5.98. The number of Topliss-reactive ketones (excluding diaryl/α,β-unsaturated/α-hetero) is 1. The van der Waals surface area contributed by atoms with Crippen LogP contribution >= 0.6 is 0 Å². The Balaban J connectivity index is 3.31. The molecule has 0 radical (unpaired) electrons. The zero-order chi connectivity index (χ0) is 13.2. The molecule has 0 aliphatic carbocycles. The van der Waals surface area contributed by atoms with Crippen LogP contribution in [0.1, 0.15) is 16.1 Å². The van der Waals surface area contributed by atoms with Crippen LogP contribution in [-0.4, -0.2) is 36.3 Å². The first-order valence-electron chi connectivity index (χ1n) is 4.70. The quantitative estimate of drug-likeness (QED) is 0.816. The second kappa shape index (κ2) is 4.70. The number of aromatic nitrogens is 1. The van der Waals surface area contributed by atoms with Gasteiger partial charge in [-0.05, 0) is 14.1 Å². The van der Waals surface area contributed by atoms with Gasteiger partial charge in [0, 0.05) is 12.3 Å². The minimum Gasteiger partial charge on any atom is -0.357 e. The molecule has 0 saturated carbocycles. The molecule has 0 bridgehead atoms. The first-order chi connectivity index (χ1) is 7.73. The normalized spacial score (nSPS) is 11.9. The molecule has 0 saturated heterocycles. The zero-order valence-electron chi connectivity index (χ0n) is 9.26. The smallest absolute Gasteiger partial charge is 0.357 e. The van der Waals surface area contributed by atoms with Gasteiger partial charge in [-0.25, -0.2) is 0 Å². The SMILES string of the molecule is CN(C)CC(=O)c1c(C(F)(F)F)[nH]ccc1=O. The highest BCUT2D eigenvalue weighted by atomic mass is 19.4. The number of halogens is 3. The second-order valence-electron chi connectivity index (χ2n) is 3.75. The van der Waals surface area contributed by atoms with Crippen LogP contribution in [0.15, 0.2) is 17.1 Å². The topological polar surface area (TPSA) is 53.2 Å². The molecular formula is C10H11F3N2O2. The minimum absolute atomic E-state index is 0.254. The average molecular weight is 248 g/mol. The Morgan fingerprint density at radius 3 is 2.47 bits per heavy atom. The fourth-order valence-electron chi connectivity index (χ4n) is 1.35. The molecule has 1 rings (SSSR count). The van der Waals surface area contributed by atoms with Crippen LogP contribution in [0.4, 0.5) is 13.2 Å². The summed E-state index contributed by atoms with van der Waals surface area (Å²) in [6, 6.07) is 0.901. The van der Waals surface area contributed by atoms with Crippen molar-refractivity contribution in [1.82, 2.24) is 9.88 Å². The number of nitrogens with one attached hydrogen (secondary N) is 1. The fourth-order valence-corrected chi connectivity index (χ4v) is 1.35. The fraction of sp³-hybridized carbons (Fsp3) is 0.400. The highest BCUT2D eigenvalue weighted by Gasteiger charge is 2.37. The molecule has 0 amide bonds. The maximum atomic E-state index is 12.6. The van der Waals surface area contributed by atoms with E-state index in [2.05, 4.69) is 0 Å². The van der Waals surface area contributed by atoms with Gasteiger partial charge in [-0.1, -0.05) is 0 Å². The van der Waals surface area contributed by atoms with Gasteiger partial charge in [-0.15, -0.1) is 0 Å². The van der Waals surface area contributed by atoms with E-state index in [0.717, 1.165) is 12.3 Å². The van der Waals surface area contributed by atoms with E-state index in [0.29, 0.717) is 0 Å². The van der Waals surface area contributed by atoms with Gasteiger partial charge in [0.2, 0.25) is 0 Å². The molecule has 0 fully saturated rings. The third-order valence-corrected chi connectivity index (χ3v) is 1.98. The van der Waals surface area contributed by atoms with E-state index in [4.69, 9.17) is 0 Å². The van der Waals surface area contributed by atoms with Crippen molar-refractivity contribution in [2.75, 3.05) is 20.6 Å². The van der Waals surface area contributed by atoms with Crippen LogP contribution in [0, 0.1) is 0 Å². The number of hydrogen-bond donors (Lipinski definition) is 1. The Morgan fingerprint density at radius 2 is 2.00 bits per heavy atom. The first-order valence-corrected chi connectivity index (χ1v) is 4.70. The Bertz CT molecular complexity index is 477. The Morgan fingerprint density at radius 1 is 1.41 bits per heavy atom. The van der Waals surface area contributed by atoms with Crippen molar-refractivity contribution in [2.24, 2.45) is 0 Å². The number of hydrogen-bond acceptors (Lipinski definition) is 3. The molecule has 0 aliphatic heterocycles. The monoisotopic (exact) mass is 248 g/mol. The van der Waals surface area contributed by atoms with E-state index in [-0.39, 0.29) is 6.54 Å². The van der Waals surface area contributed by atoms with Gasteiger partial charge in [0.25, 0.3) is 0 Å². The van der Waals surface area contributed by atoms with Crippen molar-refractivity contribution in [3.8, 4) is 0 Å². The van der Waals surface area contributed by atoms with Gasteiger partial charge in [-0.2, -0.15) is 13.2 Å². The average Bonchev–Trinajstić information content (AvgIpc) is 2.14. The van der Waals surface area contributed by atoms with Crippen LogP contribution in [0.25, 0.3) is 0 Å². The lowest BCUT2D eigenvalue weighted by molar-refractivity contribution is -0.141. The summed E-state index contributed by atoms with van der Waals surface area (Å²) >= 11 is 0. The van der Waals surface area contributed by atoms with E-state index >= 15 is 0 Å². The standard InChI is InChI=1S/C10H11F3N2O2/c1-15(2)5-7(17)8-6(16)3-4-14-9(8)10(11,12)13/h3-4H,5H2,1-2H3,(H,14,16). The van der Waals surface area contributed by atoms with E-state index < -0.39 is 28.6 Å². The Kier molecular flexibility index (Phi) is 3.72. The lowest BCUT2D eigenvalue weighted by atomic mass is 10.1. The first kappa shape index (κ1) is 13.4. The number of carbonyl (C=O) groups is 1. The molecule has 0 spiro atoms. The van der Waals surface area contributed by atoms with Crippen molar-refractivity contribution in [3.05, 3.63) is 33.7 Å². The summed E-state index contributed by atoms with van der Waals surface area (Å²) in [5.74, 6) is -0.857. The summed E-state index contributed by atoms with van der Waals surface area (Å²) < 4.78 is 37.8. The molecule has 4 nitrogen and oxygen atoms in total. The number of ketones is 1. The third-order valence-electron chi connectivity index (χ3n) is 1.98. The molecular weight excluding hydrogens is 237 g/mol. The van der Waals surface area contributed by atoms with E-state index in [1.54, 1.807) is 0 Å². The van der Waals surface area contributed by atoms with Gasteiger partial charge >= 0.3 is 6.18 Å². The van der Waals surface area contributed by atoms with Gasteiger partial charge in [-0.3, -0.25) is 9.59 Å². The maximum Gasteiger partial charge on any atom is 0.432 e. The summed E-state index contributed by atoms with van der Waals surface area (Å²) in [5, 5.41) is 0.